The molecule has 0 spiro atoms. The van der Waals surface area contributed by atoms with Gasteiger partial charge in [-0.1, -0.05) is 18.0 Å². The number of fused-ring (bicyclic) bond motifs is 1. The van der Waals surface area contributed by atoms with E-state index in [-0.39, 0.29) is 16.7 Å². The van der Waals surface area contributed by atoms with Crippen LogP contribution < -0.4 is 5.32 Å². The molecule has 120 valence electrons. The van der Waals surface area contributed by atoms with E-state index in [0.29, 0.717) is 24.9 Å². The van der Waals surface area contributed by atoms with E-state index in [0.717, 1.165) is 25.0 Å². The molecule has 1 N–H and O–H groups in total. The molecular weight excluding hydrogens is 317 g/mol. The van der Waals surface area contributed by atoms with Crippen LogP contribution in [0.3, 0.4) is 0 Å². The van der Waals surface area contributed by atoms with Crippen molar-refractivity contribution in [1.29, 1.82) is 0 Å². The van der Waals surface area contributed by atoms with Gasteiger partial charge in [0.05, 0.1) is 10.6 Å². The molecule has 0 aromatic heterocycles. The van der Waals surface area contributed by atoms with Crippen molar-refractivity contribution in [2.45, 2.75) is 25.4 Å². The van der Waals surface area contributed by atoms with Crippen molar-refractivity contribution in [3.8, 4) is 0 Å². The second-order valence-electron chi connectivity index (χ2n) is 5.98. The van der Waals surface area contributed by atoms with Gasteiger partial charge in [-0.05, 0) is 42.9 Å². The zero-order valence-corrected chi connectivity index (χ0v) is 12.5. The van der Waals surface area contributed by atoms with Crippen molar-refractivity contribution >= 4 is 23.3 Å². The van der Waals surface area contributed by atoms with E-state index in [9.17, 15) is 18.0 Å². The number of nitrogens with one attached hydrogen (secondary N) is 1. The minimum atomic E-state index is -4.54. The summed E-state index contributed by atoms with van der Waals surface area (Å²) in [6.45, 7) is 1.38. The molecular formula is C15H16ClF3N2O. The number of carbonyl (C=O) groups excluding carboxylic acids is 1. The first-order valence-electron chi connectivity index (χ1n) is 7.27. The normalized spacial score (nSPS) is 24.5. The molecule has 1 aromatic carbocycles. The SMILES string of the molecule is O=C(Nc1ccc(Cl)c(C(F)(F)F)c1)N1C[C@H]2CCC[C@H]2C1. The predicted octanol–water partition coefficient (Wildman–Crippen LogP) is 4.62. The van der Waals surface area contributed by atoms with Gasteiger partial charge in [0.25, 0.3) is 0 Å². The molecule has 2 atom stereocenters. The minimum Gasteiger partial charge on any atom is -0.324 e. The summed E-state index contributed by atoms with van der Waals surface area (Å²) >= 11 is 5.57. The first-order valence-corrected chi connectivity index (χ1v) is 7.65. The van der Waals surface area contributed by atoms with E-state index in [2.05, 4.69) is 5.32 Å². The quantitative estimate of drug-likeness (QED) is 0.799. The lowest BCUT2D eigenvalue weighted by molar-refractivity contribution is -0.137. The van der Waals surface area contributed by atoms with E-state index in [4.69, 9.17) is 11.6 Å². The van der Waals surface area contributed by atoms with Gasteiger partial charge in [0.2, 0.25) is 0 Å². The average Bonchev–Trinajstić information content (AvgIpc) is 3.00. The van der Waals surface area contributed by atoms with Crippen LogP contribution in [-0.4, -0.2) is 24.0 Å². The van der Waals surface area contributed by atoms with Crippen molar-refractivity contribution in [3.05, 3.63) is 28.8 Å². The average molecular weight is 333 g/mol. The van der Waals surface area contributed by atoms with Crippen LogP contribution in [0.5, 0.6) is 0 Å². The molecule has 2 amide bonds. The molecule has 1 aromatic rings. The number of hydrogen-bond acceptors (Lipinski definition) is 1. The molecule has 7 heteroatoms. The molecule has 0 radical (unpaired) electrons. The van der Waals surface area contributed by atoms with E-state index in [1.807, 2.05) is 0 Å². The Labute approximate surface area is 131 Å². The number of anilines is 1. The third kappa shape index (κ3) is 3.02. The summed E-state index contributed by atoms with van der Waals surface area (Å²) in [7, 11) is 0. The van der Waals surface area contributed by atoms with Gasteiger partial charge < -0.3 is 10.2 Å². The maximum Gasteiger partial charge on any atom is 0.417 e. The molecule has 0 bridgehead atoms. The number of nitrogens with zero attached hydrogens (tertiary/aromatic N) is 1. The number of likely N-dealkylation sites (tertiary alicyclic amines) is 1. The number of amides is 2. The third-order valence-corrected chi connectivity index (χ3v) is 4.87. The molecule has 2 fully saturated rings. The first kappa shape index (κ1) is 15.5. The molecule has 3 rings (SSSR count). The fourth-order valence-corrected chi connectivity index (χ4v) is 3.65. The van der Waals surface area contributed by atoms with Gasteiger partial charge in [-0.25, -0.2) is 4.79 Å². The highest BCUT2D eigenvalue weighted by molar-refractivity contribution is 6.31. The summed E-state index contributed by atoms with van der Waals surface area (Å²) in [6.07, 6.45) is -1.07. The van der Waals surface area contributed by atoms with Crippen LogP contribution in [0.25, 0.3) is 0 Å². The monoisotopic (exact) mass is 332 g/mol. The highest BCUT2D eigenvalue weighted by atomic mass is 35.5. The Balaban J connectivity index is 1.69. The zero-order valence-electron chi connectivity index (χ0n) is 11.8. The Morgan fingerprint density at radius 2 is 1.86 bits per heavy atom. The highest BCUT2D eigenvalue weighted by Crippen LogP contribution is 2.38. The van der Waals surface area contributed by atoms with Crippen LogP contribution in [0.1, 0.15) is 24.8 Å². The third-order valence-electron chi connectivity index (χ3n) is 4.54. The van der Waals surface area contributed by atoms with Crippen LogP contribution in [0.15, 0.2) is 18.2 Å². The standard InChI is InChI=1S/C15H16ClF3N2O/c16-13-5-4-11(6-12(13)15(17,18)19)20-14(22)21-7-9-2-1-3-10(9)8-21/h4-6,9-10H,1-3,7-8H2,(H,20,22)/t9-,10+. The summed E-state index contributed by atoms with van der Waals surface area (Å²) in [5, 5.41) is 2.17. The Bertz CT molecular complexity index is 579. The Hall–Kier alpha value is -1.43. The summed E-state index contributed by atoms with van der Waals surface area (Å²) in [5.41, 5.74) is -0.830. The van der Waals surface area contributed by atoms with Crippen molar-refractivity contribution < 1.29 is 18.0 Å². The fraction of sp³-hybridized carbons (Fsp3) is 0.533. The van der Waals surface area contributed by atoms with Crippen LogP contribution in [0.4, 0.5) is 23.7 Å². The van der Waals surface area contributed by atoms with Crippen LogP contribution in [-0.2, 0) is 6.18 Å². The van der Waals surface area contributed by atoms with Gasteiger partial charge in [-0.3, -0.25) is 0 Å². The van der Waals surface area contributed by atoms with Gasteiger partial charge in [0.1, 0.15) is 0 Å². The molecule has 1 heterocycles. The van der Waals surface area contributed by atoms with Crippen molar-refractivity contribution in [2.24, 2.45) is 11.8 Å². The van der Waals surface area contributed by atoms with Crippen molar-refractivity contribution in [1.82, 2.24) is 4.90 Å². The van der Waals surface area contributed by atoms with Crippen LogP contribution in [0, 0.1) is 11.8 Å². The summed E-state index contributed by atoms with van der Waals surface area (Å²) < 4.78 is 38.4. The van der Waals surface area contributed by atoms with Crippen molar-refractivity contribution in [3.63, 3.8) is 0 Å². The van der Waals surface area contributed by atoms with Gasteiger partial charge in [0.15, 0.2) is 0 Å². The summed E-state index contributed by atoms with van der Waals surface area (Å²) in [4.78, 5) is 13.9. The molecule has 1 saturated heterocycles. The first-order chi connectivity index (χ1) is 10.3. The minimum absolute atomic E-state index is 0.110. The molecule has 2 aliphatic rings. The Morgan fingerprint density at radius 3 is 2.45 bits per heavy atom. The fourth-order valence-electron chi connectivity index (χ4n) is 3.42. The molecule has 1 saturated carbocycles. The van der Waals surface area contributed by atoms with E-state index < -0.39 is 11.7 Å². The van der Waals surface area contributed by atoms with Gasteiger partial charge in [0, 0.05) is 18.8 Å². The maximum atomic E-state index is 12.8. The smallest absolute Gasteiger partial charge is 0.324 e. The Morgan fingerprint density at radius 1 is 1.23 bits per heavy atom. The lowest BCUT2D eigenvalue weighted by Gasteiger charge is -2.19. The number of alkyl halides is 3. The number of rotatable bonds is 1. The Kier molecular flexibility index (Phi) is 3.97. The van der Waals surface area contributed by atoms with Gasteiger partial charge >= 0.3 is 12.2 Å². The van der Waals surface area contributed by atoms with E-state index in [1.165, 1.54) is 12.5 Å². The van der Waals surface area contributed by atoms with E-state index in [1.54, 1.807) is 4.90 Å². The van der Waals surface area contributed by atoms with E-state index >= 15 is 0 Å². The lowest BCUT2D eigenvalue weighted by Crippen LogP contribution is -2.33. The molecule has 22 heavy (non-hydrogen) atoms. The highest BCUT2D eigenvalue weighted by Gasteiger charge is 2.38. The second-order valence-corrected chi connectivity index (χ2v) is 6.39. The molecule has 0 unspecified atom stereocenters. The lowest BCUT2D eigenvalue weighted by atomic mass is 10.0. The number of benzene rings is 1. The molecule has 1 aliphatic carbocycles. The van der Waals surface area contributed by atoms with Crippen LogP contribution in [0.2, 0.25) is 5.02 Å². The molecule has 3 nitrogen and oxygen atoms in total. The molecule has 1 aliphatic heterocycles. The largest absolute Gasteiger partial charge is 0.417 e. The summed E-state index contributed by atoms with van der Waals surface area (Å²) in [6, 6.07) is 3.06. The summed E-state index contributed by atoms with van der Waals surface area (Å²) in [5.74, 6) is 1.09. The van der Waals surface area contributed by atoms with Gasteiger partial charge in [-0.15, -0.1) is 0 Å². The second kappa shape index (κ2) is 5.65. The maximum absolute atomic E-state index is 12.8. The number of halogens is 4. The predicted molar refractivity (Wildman–Crippen MR) is 77.9 cm³/mol. The topological polar surface area (TPSA) is 32.3 Å². The van der Waals surface area contributed by atoms with Crippen LogP contribution >= 0.6 is 11.6 Å². The number of hydrogen-bond donors (Lipinski definition) is 1. The van der Waals surface area contributed by atoms with Crippen molar-refractivity contribution in [2.75, 3.05) is 18.4 Å². The number of carbonyl (C=O) groups is 1. The number of urea groups is 1. The zero-order chi connectivity index (χ0) is 15.9. The van der Waals surface area contributed by atoms with Gasteiger partial charge in [-0.2, -0.15) is 13.2 Å².